The number of halogens is 1. The molecular formula is C13H10ClN3O5. The molecule has 2 aromatic rings. The molecule has 0 aliphatic rings. The Kier molecular flexibility index (Phi) is 4.74. The average molecular weight is 324 g/mol. The minimum Gasteiger partial charge on any atom is -0.465 e. The topological polar surface area (TPSA) is 115 Å². The van der Waals surface area contributed by atoms with Gasteiger partial charge in [0.15, 0.2) is 0 Å². The molecule has 0 unspecified atom stereocenters. The quantitative estimate of drug-likeness (QED) is 0.496. The number of nitrogens with one attached hydrogen (secondary N) is 1. The second-order valence-electron chi connectivity index (χ2n) is 4.13. The van der Waals surface area contributed by atoms with Crippen LogP contribution in [-0.2, 0) is 6.54 Å². The van der Waals surface area contributed by atoms with Crippen molar-refractivity contribution in [3.63, 3.8) is 0 Å². The first-order chi connectivity index (χ1) is 10.5. The summed E-state index contributed by atoms with van der Waals surface area (Å²) < 4.78 is 5.50. The number of carbonyl (C=O) groups is 1. The van der Waals surface area contributed by atoms with Crippen molar-refractivity contribution in [2.75, 3.05) is 0 Å². The second-order valence-corrected chi connectivity index (χ2v) is 4.51. The minimum absolute atomic E-state index is 0.187. The highest BCUT2D eigenvalue weighted by molar-refractivity contribution is 6.29. The number of amides is 1. The van der Waals surface area contributed by atoms with Gasteiger partial charge in [-0.15, -0.1) is 0 Å². The SMILES string of the molecule is O=C(O)NCc1cc(Oc2ccc(Cl)nc2)ccc1[N+](=O)[O-]. The van der Waals surface area contributed by atoms with Gasteiger partial charge in [0.1, 0.15) is 16.7 Å². The van der Waals surface area contributed by atoms with Crippen molar-refractivity contribution in [2.24, 2.45) is 0 Å². The van der Waals surface area contributed by atoms with Crippen molar-refractivity contribution >= 4 is 23.4 Å². The van der Waals surface area contributed by atoms with Gasteiger partial charge in [-0.25, -0.2) is 9.78 Å². The Morgan fingerprint density at radius 2 is 2.09 bits per heavy atom. The summed E-state index contributed by atoms with van der Waals surface area (Å²) in [5.41, 5.74) is -0.0119. The number of nitrogens with zero attached hydrogens (tertiary/aromatic N) is 2. The standard InChI is InChI=1S/C13H10ClN3O5/c14-12-4-2-10(7-15-12)22-9-1-3-11(17(20)21)8(5-9)6-16-13(18)19/h1-5,7,16H,6H2,(H,18,19). The number of hydrogen-bond donors (Lipinski definition) is 2. The number of hydrogen-bond acceptors (Lipinski definition) is 5. The van der Waals surface area contributed by atoms with Gasteiger partial charge in [-0.2, -0.15) is 0 Å². The second kappa shape index (κ2) is 6.72. The fourth-order valence-electron chi connectivity index (χ4n) is 1.67. The van der Waals surface area contributed by atoms with Crippen LogP contribution in [0, 0.1) is 10.1 Å². The molecule has 2 rings (SSSR count). The number of benzene rings is 1. The highest BCUT2D eigenvalue weighted by atomic mass is 35.5. The lowest BCUT2D eigenvalue weighted by Crippen LogP contribution is -2.20. The van der Waals surface area contributed by atoms with Crippen LogP contribution < -0.4 is 10.1 Å². The van der Waals surface area contributed by atoms with Gasteiger partial charge in [-0.05, 0) is 24.3 Å². The van der Waals surface area contributed by atoms with E-state index in [1.165, 1.54) is 30.5 Å². The Morgan fingerprint density at radius 1 is 1.36 bits per heavy atom. The maximum Gasteiger partial charge on any atom is 0.404 e. The van der Waals surface area contributed by atoms with E-state index in [-0.39, 0.29) is 17.8 Å². The molecule has 1 aromatic carbocycles. The zero-order valence-corrected chi connectivity index (χ0v) is 11.8. The summed E-state index contributed by atoms with van der Waals surface area (Å²) in [6.07, 6.45) is 0.126. The van der Waals surface area contributed by atoms with E-state index in [4.69, 9.17) is 21.4 Å². The zero-order chi connectivity index (χ0) is 16.1. The third-order valence-electron chi connectivity index (χ3n) is 2.61. The van der Waals surface area contributed by atoms with Crippen LogP contribution in [0.25, 0.3) is 0 Å². The number of ether oxygens (including phenoxy) is 1. The third-order valence-corrected chi connectivity index (χ3v) is 2.84. The molecule has 0 fully saturated rings. The minimum atomic E-state index is -1.28. The van der Waals surface area contributed by atoms with Gasteiger partial charge in [0, 0.05) is 6.07 Å². The van der Waals surface area contributed by atoms with E-state index in [2.05, 4.69) is 10.3 Å². The fraction of sp³-hybridized carbons (Fsp3) is 0.0769. The number of rotatable bonds is 5. The van der Waals surface area contributed by atoms with Crippen molar-refractivity contribution < 1.29 is 19.6 Å². The highest BCUT2D eigenvalue weighted by Gasteiger charge is 2.15. The summed E-state index contributed by atoms with van der Waals surface area (Å²) in [6, 6.07) is 7.18. The first-order valence-corrected chi connectivity index (χ1v) is 6.37. The van der Waals surface area contributed by atoms with E-state index in [1.807, 2.05) is 0 Å². The molecule has 22 heavy (non-hydrogen) atoms. The molecule has 0 saturated carbocycles. The van der Waals surface area contributed by atoms with E-state index < -0.39 is 11.0 Å². The van der Waals surface area contributed by atoms with E-state index in [0.29, 0.717) is 16.7 Å². The smallest absolute Gasteiger partial charge is 0.404 e. The van der Waals surface area contributed by atoms with Crippen LogP contribution in [-0.4, -0.2) is 21.1 Å². The van der Waals surface area contributed by atoms with Crippen LogP contribution in [0.15, 0.2) is 36.5 Å². The molecule has 9 heteroatoms. The lowest BCUT2D eigenvalue weighted by atomic mass is 10.1. The first-order valence-electron chi connectivity index (χ1n) is 5.99. The van der Waals surface area contributed by atoms with Crippen molar-refractivity contribution in [3.05, 3.63) is 57.4 Å². The van der Waals surface area contributed by atoms with Gasteiger partial charge in [-0.1, -0.05) is 11.6 Å². The first kappa shape index (κ1) is 15.5. The van der Waals surface area contributed by atoms with Crippen LogP contribution in [0.3, 0.4) is 0 Å². The van der Waals surface area contributed by atoms with Crippen molar-refractivity contribution in [2.45, 2.75) is 6.54 Å². The summed E-state index contributed by atoms with van der Waals surface area (Å²) >= 11 is 5.66. The molecule has 0 aliphatic heterocycles. The fourth-order valence-corrected chi connectivity index (χ4v) is 1.79. The van der Waals surface area contributed by atoms with Gasteiger partial charge < -0.3 is 15.2 Å². The molecule has 2 N–H and O–H groups in total. The summed E-state index contributed by atoms with van der Waals surface area (Å²) in [5.74, 6) is 0.715. The Balaban J connectivity index is 2.25. The molecule has 0 bridgehead atoms. The predicted molar refractivity (Wildman–Crippen MR) is 77.3 cm³/mol. The molecular weight excluding hydrogens is 314 g/mol. The van der Waals surface area contributed by atoms with Crippen LogP contribution in [0.4, 0.5) is 10.5 Å². The normalized spacial score (nSPS) is 10.0. The molecule has 8 nitrogen and oxygen atoms in total. The van der Waals surface area contributed by atoms with E-state index in [1.54, 1.807) is 6.07 Å². The lowest BCUT2D eigenvalue weighted by Gasteiger charge is -2.08. The number of nitro benzene ring substituents is 1. The van der Waals surface area contributed by atoms with Crippen LogP contribution in [0.5, 0.6) is 11.5 Å². The molecule has 1 amide bonds. The van der Waals surface area contributed by atoms with Gasteiger partial charge in [0.05, 0.1) is 23.2 Å². The maximum absolute atomic E-state index is 10.9. The molecule has 1 aromatic heterocycles. The van der Waals surface area contributed by atoms with Crippen molar-refractivity contribution in [1.29, 1.82) is 0 Å². The predicted octanol–water partition coefficient (Wildman–Crippen LogP) is 3.20. The van der Waals surface area contributed by atoms with E-state index >= 15 is 0 Å². The Labute approximate surface area is 129 Å². The summed E-state index contributed by atoms with van der Waals surface area (Å²) in [4.78, 5) is 24.7. The lowest BCUT2D eigenvalue weighted by molar-refractivity contribution is -0.385. The van der Waals surface area contributed by atoms with Crippen molar-refractivity contribution in [1.82, 2.24) is 10.3 Å². The Hall–Kier alpha value is -2.87. The molecule has 0 aliphatic carbocycles. The Bertz CT molecular complexity index is 705. The number of nitro groups is 1. The summed E-state index contributed by atoms with van der Waals surface area (Å²) in [5, 5.41) is 21.9. The molecule has 0 radical (unpaired) electrons. The van der Waals surface area contributed by atoms with Crippen LogP contribution >= 0.6 is 11.6 Å². The zero-order valence-electron chi connectivity index (χ0n) is 11.0. The number of pyridine rings is 1. The molecule has 0 saturated heterocycles. The van der Waals surface area contributed by atoms with Crippen molar-refractivity contribution in [3.8, 4) is 11.5 Å². The molecule has 0 spiro atoms. The summed E-state index contributed by atoms with van der Waals surface area (Å²) in [7, 11) is 0. The summed E-state index contributed by atoms with van der Waals surface area (Å²) in [6.45, 7) is -0.207. The Morgan fingerprint density at radius 3 is 2.68 bits per heavy atom. The average Bonchev–Trinajstić information content (AvgIpc) is 2.47. The number of aromatic nitrogens is 1. The van der Waals surface area contributed by atoms with Gasteiger partial charge in [0.25, 0.3) is 5.69 Å². The maximum atomic E-state index is 10.9. The van der Waals surface area contributed by atoms with Gasteiger partial charge >= 0.3 is 6.09 Å². The van der Waals surface area contributed by atoms with Gasteiger partial charge in [-0.3, -0.25) is 10.1 Å². The largest absolute Gasteiger partial charge is 0.465 e. The third kappa shape index (κ3) is 4.06. The van der Waals surface area contributed by atoms with E-state index in [0.717, 1.165) is 0 Å². The monoisotopic (exact) mass is 323 g/mol. The number of carboxylic acid groups (broad SMARTS) is 1. The van der Waals surface area contributed by atoms with Gasteiger partial charge in [0.2, 0.25) is 0 Å². The van der Waals surface area contributed by atoms with E-state index in [9.17, 15) is 14.9 Å². The highest BCUT2D eigenvalue weighted by Crippen LogP contribution is 2.27. The van der Waals surface area contributed by atoms with Crippen LogP contribution in [0.1, 0.15) is 5.56 Å². The molecule has 1 heterocycles. The molecule has 114 valence electrons. The molecule has 0 atom stereocenters. The van der Waals surface area contributed by atoms with Crippen LogP contribution in [0.2, 0.25) is 5.15 Å².